The van der Waals surface area contributed by atoms with Gasteiger partial charge in [-0.15, -0.1) is 0 Å². The summed E-state index contributed by atoms with van der Waals surface area (Å²) >= 11 is 0. The average molecular weight is 462 g/mol. The summed E-state index contributed by atoms with van der Waals surface area (Å²) in [7, 11) is -6.94. The molecule has 3 heterocycles. The van der Waals surface area contributed by atoms with Crippen molar-refractivity contribution in [2.45, 2.75) is 63.8 Å². The molecule has 0 aromatic carbocycles. The zero-order valence-electron chi connectivity index (χ0n) is 17.8. The molecule has 0 radical (unpaired) electrons. The minimum absolute atomic E-state index is 0.00370. The van der Waals surface area contributed by atoms with Gasteiger partial charge in [-0.1, -0.05) is 18.5 Å². The minimum Gasteiger partial charge on any atom is -0.360 e. The maximum Gasteiger partial charge on any atom is 0.248 e. The van der Waals surface area contributed by atoms with Gasteiger partial charge in [0.15, 0.2) is 15.6 Å². The Labute approximate surface area is 178 Å². The molecule has 9 nitrogen and oxygen atoms in total. The number of hydrogen-bond donors (Lipinski definition) is 0. The Morgan fingerprint density at radius 3 is 2.60 bits per heavy atom. The zero-order valence-corrected chi connectivity index (χ0v) is 19.5. The van der Waals surface area contributed by atoms with E-state index < -0.39 is 25.8 Å². The highest BCUT2D eigenvalue weighted by Gasteiger charge is 2.40. The average Bonchev–Trinajstić information content (AvgIpc) is 3.23. The van der Waals surface area contributed by atoms with Crippen LogP contribution in [-0.2, 0) is 24.7 Å². The first-order valence-electron chi connectivity index (χ1n) is 10.5. The van der Waals surface area contributed by atoms with E-state index in [2.05, 4.69) is 5.16 Å². The van der Waals surface area contributed by atoms with Gasteiger partial charge in [0, 0.05) is 25.7 Å². The fourth-order valence-electron chi connectivity index (χ4n) is 4.39. The number of carbonyl (C=O) groups excluding carboxylic acids is 1. The van der Waals surface area contributed by atoms with Crippen LogP contribution < -0.4 is 0 Å². The number of amides is 1. The molecule has 0 spiro atoms. The van der Waals surface area contributed by atoms with E-state index >= 15 is 0 Å². The van der Waals surface area contributed by atoms with Gasteiger partial charge in [-0.05, 0) is 39.5 Å². The highest BCUT2D eigenvalue weighted by atomic mass is 32.2. The quantitative estimate of drug-likeness (QED) is 0.604. The van der Waals surface area contributed by atoms with E-state index in [1.807, 2.05) is 6.92 Å². The van der Waals surface area contributed by atoms with Gasteiger partial charge in [0.2, 0.25) is 15.9 Å². The monoisotopic (exact) mass is 461 g/mol. The molecule has 170 valence electrons. The largest absolute Gasteiger partial charge is 0.360 e. The van der Waals surface area contributed by atoms with Crippen molar-refractivity contribution in [3.8, 4) is 0 Å². The molecule has 0 N–H and O–H groups in total. The van der Waals surface area contributed by atoms with Crippen molar-refractivity contribution < 1.29 is 26.2 Å². The maximum atomic E-state index is 13.4. The van der Waals surface area contributed by atoms with E-state index in [-0.39, 0.29) is 40.7 Å². The number of nitrogens with zero attached hydrogens (tertiary/aromatic N) is 3. The predicted molar refractivity (Wildman–Crippen MR) is 111 cm³/mol. The molecular formula is C19H31N3O6S2. The Balaban J connectivity index is 1.79. The molecule has 2 unspecified atom stereocenters. The van der Waals surface area contributed by atoms with Crippen LogP contribution in [0.5, 0.6) is 0 Å². The summed E-state index contributed by atoms with van der Waals surface area (Å²) in [6.07, 6.45) is 3.29. The molecule has 2 saturated heterocycles. The van der Waals surface area contributed by atoms with Crippen molar-refractivity contribution >= 4 is 25.8 Å². The van der Waals surface area contributed by atoms with E-state index in [9.17, 15) is 21.6 Å². The smallest absolute Gasteiger partial charge is 0.248 e. The highest BCUT2D eigenvalue weighted by Crippen LogP contribution is 2.29. The number of sulfone groups is 1. The molecule has 3 rings (SSSR count). The molecule has 2 fully saturated rings. The topological polar surface area (TPSA) is 118 Å². The second kappa shape index (κ2) is 8.96. The lowest BCUT2D eigenvalue weighted by molar-refractivity contribution is -0.138. The van der Waals surface area contributed by atoms with Crippen molar-refractivity contribution in [1.29, 1.82) is 0 Å². The van der Waals surface area contributed by atoms with Gasteiger partial charge in [0.25, 0.3) is 0 Å². The molecule has 0 aliphatic carbocycles. The van der Waals surface area contributed by atoms with Crippen LogP contribution in [0.25, 0.3) is 0 Å². The van der Waals surface area contributed by atoms with Gasteiger partial charge in [-0.3, -0.25) is 4.79 Å². The molecule has 30 heavy (non-hydrogen) atoms. The molecule has 0 saturated carbocycles. The summed E-state index contributed by atoms with van der Waals surface area (Å²) in [4.78, 5) is 15.1. The number of carbonyl (C=O) groups is 1. The van der Waals surface area contributed by atoms with Crippen LogP contribution in [-0.4, -0.2) is 74.3 Å². The van der Waals surface area contributed by atoms with E-state index in [1.165, 1.54) is 4.31 Å². The van der Waals surface area contributed by atoms with Gasteiger partial charge < -0.3 is 9.42 Å². The number of unbranched alkanes of at least 4 members (excludes halogenated alkanes) is 1. The fourth-order valence-corrected chi connectivity index (χ4v) is 7.94. The number of aromatic nitrogens is 1. The number of piperidine rings is 1. The normalized spacial score (nSPS) is 24.8. The predicted octanol–water partition coefficient (Wildman–Crippen LogP) is 1.51. The third-order valence-corrected chi connectivity index (χ3v) is 9.84. The molecule has 1 aromatic rings. The summed E-state index contributed by atoms with van der Waals surface area (Å²) in [5.41, 5.74) is 0.307. The van der Waals surface area contributed by atoms with Crippen LogP contribution in [0.15, 0.2) is 9.42 Å². The first-order valence-corrected chi connectivity index (χ1v) is 13.8. The van der Waals surface area contributed by atoms with Crippen LogP contribution in [0.3, 0.4) is 0 Å². The lowest BCUT2D eigenvalue weighted by atomic mass is 9.97. The SMILES string of the molecule is CCCCN(C(=O)C1CCCN(S(=O)(=O)c2c(C)noc2C)C1)C1CCS(=O)(=O)C1. The molecule has 2 aliphatic rings. The molecule has 1 amide bonds. The van der Waals surface area contributed by atoms with Crippen LogP contribution in [0, 0.1) is 19.8 Å². The van der Waals surface area contributed by atoms with Crippen molar-refractivity contribution in [2.24, 2.45) is 5.92 Å². The second-order valence-corrected chi connectivity index (χ2v) is 12.4. The second-order valence-electron chi connectivity index (χ2n) is 8.30. The lowest BCUT2D eigenvalue weighted by Crippen LogP contribution is -2.50. The Morgan fingerprint density at radius 1 is 1.30 bits per heavy atom. The summed E-state index contributed by atoms with van der Waals surface area (Å²) in [5, 5.41) is 3.75. The Kier molecular flexibility index (Phi) is 6.93. The first kappa shape index (κ1) is 23.2. The van der Waals surface area contributed by atoms with Crippen LogP contribution in [0.2, 0.25) is 0 Å². The van der Waals surface area contributed by atoms with E-state index in [4.69, 9.17) is 4.52 Å². The van der Waals surface area contributed by atoms with Gasteiger partial charge in [-0.25, -0.2) is 16.8 Å². The molecule has 1 aromatic heterocycles. The van der Waals surface area contributed by atoms with Gasteiger partial charge in [0.05, 0.1) is 17.4 Å². The third-order valence-electron chi connectivity index (χ3n) is 5.98. The molecule has 2 aliphatic heterocycles. The summed E-state index contributed by atoms with van der Waals surface area (Å²) in [6, 6.07) is -0.316. The molecule has 0 bridgehead atoms. The van der Waals surface area contributed by atoms with Gasteiger partial charge in [0.1, 0.15) is 10.6 Å². The summed E-state index contributed by atoms with van der Waals surface area (Å²) < 4.78 is 56.6. The Bertz CT molecular complexity index is 966. The Morgan fingerprint density at radius 2 is 2.03 bits per heavy atom. The minimum atomic E-state index is -3.82. The summed E-state index contributed by atoms with van der Waals surface area (Å²) in [6.45, 7) is 6.10. The number of aryl methyl sites for hydroxylation is 2. The number of sulfonamides is 1. The van der Waals surface area contributed by atoms with Crippen LogP contribution in [0.4, 0.5) is 0 Å². The number of hydrogen-bond acceptors (Lipinski definition) is 7. The molecule has 11 heteroatoms. The van der Waals surface area contributed by atoms with Crippen molar-refractivity contribution in [2.75, 3.05) is 31.1 Å². The van der Waals surface area contributed by atoms with Gasteiger partial charge in [-0.2, -0.15) is 4.31 Å². The third kappa shape index (κ3) is 4.72. The fraction of sp³-hybridized carbons (Fsp3) is 0.789. The van der Waals surface area contributed by atoms with Crippen molar-refractivity contribution in [1.82, 2.24) is 14.4 Å². The van der Waals surface area contributed by atoms with Gasteiger partial charge >= 0.3 is 0 Å². The molecule has 2 atom stereocenters. The molecular weight excluding hydrogens is 430 g/mol. The van der Waals surface area contributed by atoms with E-state index in [0.717, 1.165) is 12.8 Å². The van der Waals surface area contributed by atoms with Crippen molar-refractivity contribution in [3.05, 3.63) is 11.5 Å². The van der Waals surface area contributed by atoms with Crippen LogP contribution >= 0.6 is 0 Å². The highest BCUT2D eigenvalue weighted by molar-refractivity contribution is 7.91. The van der Waals surface area contributed by atoms with Crippen LogP contribution in [0.1, 0.15) is 50.5 Å². The summed E-state index contributed by atoms with van der Waals surface area (Å²) in [5.74, 6) is -0.277. The maximum absolute atomic E-state index is 13.4. The van der Waals surface area contributed by atoms with Crippen molar-refractivity contribution in [3.63, 3.8) is 0 Å². The Hall–Kier alpha value is -1.46. The first-order chi connectivity index (χ1) is 14.1. The number of rotatable bonds is 7. The van der Waals surface area contributed by atoms with E-state index in [0.29, 0.717) is 38.0 Å². The lowest BCUT2D eigenvalue weighted by Gasteiger charge is -2.36. The van der Waals surface area contributed by atoms with E-state index in [1.54, 1.807) is 18.7 Å². The zero-order chi connectivity index (χ0) is 22.1. The standard InChI is InChI=1S/C19H31N3O6S2/c1-4-5-10-22(17-8-11-29(24,25)13-17)19(23)16-7-6-9-21(12-16)30(26,27)18-14(2)20-28-15(18)3/h16-17H,4-13H2,1-3H3.